The van der Waals surface area contributed by atoms with Crippen LogP contribution in [0.25, 0.3) is 0 Å². The molecule has 0 aromatic carbocycles. The van der Waals surface area contributed by atoms with Crippen LogP contribution in [0.5, 0.6) is 0 Å². The third-order valence-corrected chi connectivity index (χ3v) is 4.11. The van der Waals surface area contributed by atoms with Gasteiger partial charge in [-0.05, 0) is 24.9 Å². The number of aromatic nitrogens is 2. The Morgan fingerprint density at radius 2 is 2.30 bits per heavy atom. The quantitative estimate of drug-likeness (QED) is 0.854. The number of carbonyl (C=O) groups excluding carboxylic acids is 2. The summed E-state index contributed by atoms with van der Waals surface area (Å²) in [5, 5.41) is 6.52. The molecule has 0 saturated carbocycles. The summed E-state index contributed by atoms with van der Waals surface area (Å²) in [6.45, 7) is 4.65. The van der Waals surface area contributed by atoms with Gasteiger partial charge in [-0.15, -0.1) is 5.10 Å². The number of morpholine rings is 1. The van der Waals surface area contributed by atoms with Crippen LogP contribution in [0.15, 0.2) is 0 Å². The van der Waals surface area contributed by atoms with E-state index in [-0.39, 0.29) is 18.4 Å². The van der Waals surface area contributed by atoms with Crippen molar-refractivity contribution in [2.75, 3.05) is 26.7 Å². The first-order valence-electron chi connectivity index (χ1n) is 6.48. The van der Waals surface area contributed by atoms with E-state index in [0.717, 1.165) is 11.5 Å². The first-order chi connectivity index (χ1) is 9.51. The molecule has 2 rings (SSSR count). The molecule has 1 aromatic rings. The minimum atomic E-state index is -1.01. The first-order valence-corrected chi connectivity index (χ1v) is 7.26. The van der Waals surface area contributed by atoms with Gasteiger partial charge in [-0.3, -0.25) is 9.59 Å². The van der Waals surface area contributed by atoms with Crippen LogP contribution in [0.4, 0.5) is 0 Å². The summed E-state index contributed by atoms with van der Waals surface area (Å²) < 4.78 is 9.37. The maximum Gasteiger partial charge on any atom is 0.267 e. The van der Waals surface area contributed by atoms with Crippen LogP contribution in [-0.4, -0.2) is 58.6 Å². The molecule has 1 aliphatic rings. The molecule has 0 aliphatic carbocycles. The monoisotopic (exact) mass is 298 g/mol. The van der Waals surface area contributed by atoms with Gasteiger partial charge in [0.15, 0.2) is 5.60 Å². The Hall–Kier alpha value is -1.54. The van der Waals surface area contributed by atoms with Crippen molar-refractivity contribution in [2.24, 2.45) is 0 Å². The molecule has 1 aromatic heterocycles. The third kappa shape index (κ3) is 2.66. The Bertz CT molecular complexity index is 519. The van der Waals surface area contributed by atoms with Crippen LogP contribution in [0, 0.1) is 0 Å². The number of nitrogens with zero attached hydrogens (tertiary/aromatic N) is 3. The van der Waals surface area contributed by atoms with Crippen LogP contribution in [-0.2, 0) is 16.0 Å². The lowest BCUT2D eigenvalue weighted by atomic mass is 10.0. The summed E-state index contributed by atoms with van der Waals surface area (Å²) in [6, 6.07) is 0. The topological polar surface area (TPSA) is 84.4 Å². The molecular formula is C12H18N4O3S. The number of rotatable bonds is 3. The second kappa shape index (κ2) is 5.84. The lowest BCUT2D eigenvalue weighted by Crippen LogP contribution is -2.58. The Morgan fingerprint density at radius 3 is 2.95 bits per heavy atom. The van der Waals surface area contributed by atoms with Crippen molar-refractivity contribution in [1.29, 1.82) is 0 Å². The zero-order valence-electron chi connectivity index (χ0n) is 11.8. The van der Waals surface area contributed by atoms with Gasteiger partial charge in [-0.1, -0.05) is 11.4 Å². The Labute approximate surface area is 121 Å². The first kappa shape index (κ1) is 14.9. The number of hydrogen-bond acceptors (Lipinski definition) is 6. The molecule has 0 spiro atoms. The van der Waals surface area contributed by atoms with Gasteiger partial charge in [0.2, 0.25) is 0 Å². The molecule has 1 aliphatic heterocycles. The maximum atomic E-state index is 12.5. The number of amides is 2. The van der Waals surface area contributed by atoms with E-state index in [1.54, 1.807) is 18.9 Å². The standard InChI is InChI=1S/C12H18N4O3S/c1-4-8-9(20-15-14-8)10(17)16-5-6-19-12(2,7-16)11(18)13-3/h4-7H2,1-3H3,(H,13,18)/t12-/m0/s1. The molecule has 110 valence electrons. The van der Waals surface area contributed by atoms with E-state index < -0.39 is 5.60 Å². The molecule has 2 heterocycles. The predicted molar refractivity (Wildman–Crippen MR) is 73.6 cm³/mol. The summed E-state index contributed by atoms with van der Waals surface area (Å²) in [5.41, 5.74) is -0.305. The van der Waals surface area contributed by atoms with Crippen LogP contribution >= 0.6 is 11.5 Å². The highest BCUT2D eigenvalue weighted by Gasteiger charge is 2.40. The molecule has 0 radical (unpaired) electrons. The van der Waals surface area contributed by atoms with E-state index in [1.165, 1.54) is 0 Å². The largest absolute Gasteiger partial charge is 0.362 e. The van der Waals surface area contributed by atoms with Crippen molar-refractivity contribution in [3.63, 3.8) is 0 Å². The average molecular weight is 298 g/mol. The Kier molecular flexibility index (Phi) is 4.34. The highest BCUT2D eigenvalue weighted by atomic mass is 32.1. The number of ether oxygens (including phenoxy) is 1. The van der Waals surface area contributed by atoms with Gasteiger partial charge in [0.05, 0.1) is 18.8 Å². The smallest absolute Gasteiger partial charge is 0.267 e. The number of nitrogens with one attached hydrogen (secondary N) is 1. The molecule has 1 saturated heterocycles. The second-order valence-electron chi connectivity index (χ2n) is 4.79. The summed E-state index contributed by atoms with van der Waals surface area (Å²) in [5.74, 6) is -0.358. The molecule has 8 heteroatoms. The molecular weight excluding hydrogens is 280 g/mol. The van der Waals surface area contributed by atoms with E-state index in [2.05, 4.69) is 14.9 Å². The fourth-order valence-corrected chi connectivity index (χ4v) is 2.91. The number of carbonyl (C=O) groups is 2. The van der Waals surface area contributed by atoms with E-state index in [9.17, 15) is 9.59 Å². The van der Waals surface area contributed by atoms with Crippen molar-refractivity contribution >= 4 is 23.3 Å². The fourth-order valence-electron chi connectivity index (χ4n) is 2.19. The summed E-state index contributed by atoms with van der Waals surface area (Å²) in [4.78, 5) is 26.6. The number of hydrogen-bond donors (Lipinski definition) is 1. The molecule has 1 atom stereocenters. The van der Waals surface area contributed by atoms with Gasteiger partial charge in [0, 0.05) is 13.6 Å². The molecule has 2 amide bonds. The summed E-state index contributed by atoms with van der Waals surface area (Å²) in [7, 11) is 1.56. The fraction of sp³-hybridized carbons (Fsp3) is 0.667. The van der Waals surface area contributed by atoms with E-state index >= 15 is 0 Å². The summed E-state index contributed by atoms with van der Waals surface area (Å²) >= 11 is 1.10. The van der Waals surface area contributed by atoms with Gasteiger partial charge in [0.25, 0.3) is 11.8 Å². The van der Waals surface area contributed by atoms with Crippen LogP contribution in [0.3, 0.4) is 0 Å². The highest BCUT2D eigenvalue weighted by Crippen LogP contribution is 2.22. The zero-order valence-corrected chi connectivity index (χ0v) is 12.6. The van der Waals surface area contributed by atoms with Gasteiger partial charge in [0.1, 0.15) is 4.88 Å². The molecule has 1 N–H and O–H groups in total. The van der Waals surface area contributed by atoms with Crippen LogP contribution < -0.4 is 5.32 Å². The zero-order chi connectivity index (χ0) is 14.8. The molecule has 20 heavy (non-hydrogen) atoms. The van der Waals surface area contributed by atoms with E-state index in [0.29, 0.717) is 30.1 Å². The molecule has 0 bridgehead atoms. The Morgan fingerprint density at radius 1 is 1.55 bits per heavy atom. The molecule has 7 nitrogen and oxygen atoms in total. The van der Waals surface area contributed by atoms with Crippen molar-refractivity contribution in [3.05, 3.63) is 10.6 Å². The van der Waals surface area contributed by atoms with Gasteiger partial charge >= 0.3 is 0 Å². The Balaban J connectivity index is 2.17. The average Bonchev–Trinajstić information content (AvgIpc) is 2.94. The normalized spacial score (nSPS) is 22.6. The van der Waals surface area contributed by atoms with E-state index in [4.69, 9.17) is 4.74 Å². The van der Waals surface area contributed by atoms with Crippen LogP contribution in [0.2, 0.25) is 0 Å². The van der Waals surface area contributed by atoms with Crippen molar-refractivity contribution in [3.8, 4) is 0 Å². The van der Waals surface area contributed by atoms with Gasteiger partial charge in [-0.2, -0.15) is 0 Å². The summed E-state index contributed by atoms with van der Waals surface area (Å²) in [6.07, 6.45) is 0.661. The SMILES string of the molecule is CCc1nnsc1C(=O)N1CCO[C@](C)(C(=O)NC)C1. The van der Waals surface area contributed by atoms with Crippen molar-refractivity contribution in [2.45, 2.75) is 25.9 Å². The van der Waals surface area contributed by atoms with Crippen molar-refractivity contribution in [1.82, 2.24) is 19.8 Å². The second-order valence-corrected chi connectivity index (χ2v) is 5.54. The molecule has 0 unspecified atom stereocenters. The van der Waals surface area contributed by atoms with Crippen LogP contribution in [0.1, 0.15) is 29.2 Å². The number of aryl methyl sites for hydroxylation is 1. The van der Waals surface area contributed by atoms with Gasteiger partial charge in [-0.25, -0.2) is 0 Å². The maximum absolute atomic E-state index is 12.5. The minimum Gasteiger partial charge on any atom is -0.362 e. The predicted octanol–water partition coefficient (Wildman–Crippen LogP) is 0.0776. The highest BCUT2D eigenvalue weighted by molar-refractivity contribution is 7.08. The van der Waals surface area contributed by atoms with E-state index in [1.807, 2.05) is 6.92 Å². The number of likely N-dealkylation sites (N-methyl/N-ethyl adjacent to an activating group) is 1. The molecule has 1 fully saturated rings. The van der Waals surface area contributed by atoms with Gasteiger partial charge < -0.3 is 15.0 Å². The lowest BCUT2D eigenvalue weighted by molar-refractivity contribution is -0.153. The lowest BCUT2D eigenvalue weighted by Gasteiger charge is -2.38. The van der Waals surface area contributed by atoms with Crippen molar-refractivity contribution < 1.29 is 14.3 Å². The third-order valence-electron chi connectivity index (χ3n) is 3.35. The minimum absolute atomic E-state index is 0.129.